The van der Waals surface area contributed by atoms with Crippen molar-refractivity contribution in [2.24, 2.45) is 0 Å². The van der Waals surface area contributed by atoms with Crippen LogP contribution in [0.1, 0.15) is 36.5 Å². The van der Waals surface area contributed by atoms with Gasteiger partial charge >= 0.3 is 12.1 Å². The highest BCUT2D eigenvalue weighted by molar-refractivity contribution is 5.93. The summed E-state index contributed by atoms with van der Waals surface area (Å²) < 4.78 is 10.3. The van der Waals surface area contributed by atoms with Crippen molar-refractivity contribution in [3.8, 4) is 11.1 Å². The molecule has 0 saturated carbocycles. The second-order valence-corrected chi connectivity index (χ2v) is 10.1. The molecule has 3 atom stereocenters. The Labute approximate surface area is 239 Å². The predicted octanol–water partition coefficient (Wildman–Crippen LogP) is 3.66. The summed E-state index contributed by atoms with van der Waals surface area (Å²) in [7, 11) is 2.73. The molecule has 3 aromatic rings. The first kappa shape index (κ1) is 29.3. The maximum atomic E-state index is 13.4. The number of carbonyl (C=O) groups is 4. The zero-order chi connectivity index (χ0) is 29.5. The summed E-state index contributed by atoms with van der Waals surface area (Å²) >= 11 is 0. The van der Waals surface area contributed by atoms with Crippen molar-refractivity contribution in [3.05, 3.63) is 95.6 Å². The van der Waals surface area contributed by atoms with Crippen LogP contribution < -0.4 is 10.6 Å². The van der Waals surface area contributed by atoms with Gasteiger partial charge in [0, 0.05) is 19.4 Å². The summed E-state index contributed by atoms with van der Waals surface area (Å²) in [6.07, 6.45) is -0.523. The first-order valence-corrected chi connectivity index (χ1v) is 13.5. The molecule has 1 aliphatic carbocycles. The summed E-state index contributed by atoms with van der Waals surface area (Å²) in [5.41, 5.74) is 5.23. The molecule has 1 aliphatic rings. The van der Waals surface area contributed by atoms with Crippen molar-refractivity contribution < 1.29 is 28.7 Å². The first-order valence-electron chi connectivity index (χ1n) is 13.5. The minimum absolute atomic E-state index is 0.112. The molecular weight excluding hydrogens is 522 g/mol. The number of nitrogens with zero attached hydrogens (tertiary/aromatic N) is 1. The molecule has 0 heterocycles. The third kappa shape index (κ3) is 6.74. The maximum absolute atomic E-state index is 13.4. The number of hydrogen-bond acceptors (Lipinski definition) is 6. The number of benzene rings is 3. The standard InChI is InChI=1S/C32H35N3O6/c1-20(34-32(39)41-19-27-25-16-10-8-14-23(25)24-15-9-11-17-26(24)27)30(37)35(3)28(18-22-12-6-5-7-13-22)29(36)33-21(2)31(38)40-4/h5-17,20-21,27-28H,18-19H2,1-4H3,(H,33,36)(H,34,39)/t20-,21-,28+/m0/s1. The summed E-state index contributed by atoms with van der Waals surface area (Å²) in [6, 6.07) is 22.5. The smallest absolute Gasteiger partial charge is 0.407 e. The van der Waals surface area contributed by atoms with E-state index in [0.29, 0.717) is 0 Å². The Morgan fingerprint density at radius 3 is 1.95 bits per heavy atom. The SMILES string of the molecule is COC(=O)[C@H](C)NC(=O)[C@@H](Cc1ccccc1)N(C)C(=O)[C@H](C)NC(=O)OCC1c2ccccc2-c2ccccc21. The number of nitrogens with one attached hydrogen (secondary N) is 2. The molecule has 0 spiro atoms. The third-order valence-electron chi connectivity index (χ3n) is 7.35. The molecule has 214 valence electrons. The molecular formula is C32H35N3O6. The maximum Gasteiger partial charge on any atom is 0.407 e. The fraction of sp³-hybridized carbons (Fsp3) is 0.312. The number of hydrogen-bond donors (Lipinski definition) is 2. The fourth-order valence-corrected chi connectivity index (χ4v) is 5.13. The van der Waals surface area contributed by atoms with Crippen LogP contribution in [0.5, 0.6) is 0 Å². The van der Waals surface area contributed by atoms with E-state index in [1.54, 1.807) is 0 Å². The van der Waals surface area contributed by atoms with Gasteiger partial charge in [-0.05, 0) is 41.7 Å². The van der Waals surface area contributed by atoms with E-state index in [2.05, 4.69) is 22.8 Å². The van der Waals surface area contributed by atoms with Crippen molar-refractivity contribution in [2.45, 2.75) is 44.3 Å². The molecule has 9 nitrogen and oxygen atoms in total. The second kappa shape index (κ2) is 13.1. The normalized spacial score (nSPS) is 14.0. The largest absolute Gasteiger partial charge is 0.467 e. The van der Waals surface area contributed by atoms with Crippen molar-refractivity contribution >= 4 is 23.9 Å². The molecule has 4 rings (SSSR count). The van der Waals surface area contributed by atoms with E-state index in [9.17, 15) is 19.2 Å². The quantitative estimate of drug-likeness (QED) is 0.368. The number of esters is 1. The minimum Gasteiger partial charge on any atom is -0.467 e. The molecule has 0 bridgehead atoms. The van der Waals surface area contributed by atoms with Gasteiger partial charge in [0.1, 0.15) is 24.7 Å². The van der Waals surface area contributed by atoms with E-state index >= 15 is 0 Å². The molecule has 3 amide bonds. The predicted molar refractivity (Wildman–Crippen MR) is 154 cm³/mol. The molecule has 0 saturated heterocycles. The summed E-state index contributed by atoms with van der Waals surface area (Å²) in [5.74, 6) is -1.72. The van der Waals surface area contributed by atoms with Gasteiger partial charge in [-0.1, -0.05) is 78.9 Å². The van der Waals surface area contributed by atoms with Crippen molar-refractivity contribution in [3.63, 3.8) is 0 Å². The molecule has 9 heteroatoms. The van der Waals surface area contributed by atoms with Crippen LogP contribution in [0.4, 0.5) is 4.79 Å². The van der Waals surface area contributed by atoms with Gasteiger partial charge in [0.15, 0.2) is 0 Å². The highest BCUT2D eigenvalue weighted by Crippen LogP contribution is 2.44. The zero-order valence-corrected chi connectivity index (χ0v) is 23.6. The van der Waals surface area contributed by atoms with Crippen LogP contribution in [-0.4, -0.2) is 67.7 Å². The summed E-state index contributed by atoms with van der Waals surface area (Å²) in [6.45, 7) is 3.16. The Hall–Kier alpha value is -4.66. The topological polar surface area (TPSA) is 114 Å². The molecule has 3 aromatic carbocycles. The number of rotatable bonds is 10. The van der Waals surface area contributed by atoms with Crippen LogP contribution in [0, 0.1) is 0 Å². The molecule has 2 N–H and O–H groups in total. The van der Waals surface area contributed by atoms with Gasteiger partial charge in [-0.2, -0.15) is 0 Å². The monoisotopic (exact) mass is 557 g/mol. The van der Waals surface area contributed by atoms with Gasteiger partial charge in [-0.3, -0.25) is 9.59 Å². The van der Waals surface area contributed by atoms with Crippen LogP contribution >= 0.6 is 0 Å². The number of alkyl carbamates (subject to hydrolysis) is 1. The van der Waals surface area contributed by atoms with E-state index in [-0.39, 0.29) is 18.9 Å². The van der Waals surface area contributed by atoms with Gasteiger partial charge in [-0.15, -0.1) is 0 Å². The van der Waals surface area contributed by atoms with Gasteiger partial charge in [-0.25, -0.2) is 9.59 Å². The molecule has 41 heavy (non-hydrogen) atoms. The van der Waals surface area contributed by atoms with E-state index < -0.39 is 42.0 Å². The lowest BCUT2D eigenvalue weighted by Gasteiger charge is -2.30. The number of carbonyl (C=O) groups excluding carboxylic acids is 4. The number of likely N-dealkylation sites (N-methyl/N-ethyl adjacent to an activating group) is 1. The molecule has 0 unspecified atom stereocenters. The Morgan fingerprint density at radius 1 is 0.805 bits per heavy atom. The molecule has 0 aliphatic heterocycles. The summed E-state index contributed by atoms with van der Waals surface area (Å²) in [4.78, 5) is 52.5. The van der Waals surface area contributed by atoms with Crippen molar-refractivity contribution in [2.75, 3.05) is 20.8 Å². The van der Waals surface area contributed by atoms with Crippen molar-refractivity contribution in [1.82, 2.24) is 15.5 Å². The summed E-state index contributed by atoms with van der Waals surface area (Å²) in [5, 5.41) is 5.21. The average Bonchev–Trinajstić information content (AvgIpc) is 3.31. The number of ether oxygens (including phenoxy) is 2. The Kier molecular flexibility index (Phi) is 9.39. The lowest BCUT2D eigenvalue weighted by Crippen LogP contribution is -2.56. The van der Waals surface area contributed by atoms with Gasteiger partial charge < -0.3 is 25.0 Å². The highest BCUT2D eigenvalue weighted by Gasteiger charge is 2.33. The Morgan fingerprint density at radius 2 is 1.37 bits per heavy atom. The molecule has 0 radical (unpaired) electrons. The Bertz CT molecular complexity index is 1360. The Balaban J connectivity index is 1.40. The van der Waals surface area contributed by atoms with Crippen LogP contribution in [-0.2, 0) is 30.3 Å². The first-order chi connectivity index (χ1) is 19.7. The van der Waals surface area contributed by atoms with E-state index in [1.807, 2.05) is 66.7 Å². The highest BCUT2D eigenvalue weighted by atomic mass is 16.5. The second-order valence-electron chi connectivity index (χ2n) is 10.1. The van der Waals surface area contributed by atoms with Crippen molar-refractivity contribution in [1.29, 1.82) is 0 Å². The number of amides is 3. The van der Waals surface area contributed by atoms with Gasteiger partial charge in [0.25, 0.3) is 0 Å². The third-order valence-corrected chi connectivity index (χ3v) is 7.35. The van der Waals surface area contributed by atoms with Gasteiger partial charge in [0.2, 0.25) is 11.8 Å². The number of methoxy groups -OCH3 is 1. The van der Waals surface area contributed by atoms with Crippen LogP contribution in [0.25, 0.3) is 11.1 Å². The van der Waals surface area contributed by atoms with Crippen LogP contribution in [0.2, 0.25) is 0 Å². The zero-order valence-electron chi connectivity index (χ0n) is 23.6. The minimum atomic E-state index is -0.972. The lowest BCUT2D eigenvalue weighted by atomic mass is 9.98. The number of fused-ring (bicyclic) bond motifs is 3. The fourth-order valence-electron chi connectivity index (χ4n) is 5.13. The van der Waals surface area contributed by atoms with E-state index in [1.165, 1.54) is 32.9 Å². The lowest BCUT2D eigenvalue weighted by molar-refractivity contribution is -0.146. The van der Waals surface area contributed by atoms with E-state index in [0.717, 1.165) is 27.8 Å². The van der Waals surface area contributed by atoms with Gasteiger partial charge in [0.05, 0.1) is 7.11 Å². The van der Waals surface area contributed by atoms with E-state index in [4.69, 9.17) is 9.47 Å². The van der Waals surface area contributed by atoms with Crippen LogP contribution in [0.3, 0.4) is 0 Å². The molecule has 0 aromatic heterocycles. The molecule has 0 fully saturated rings. The average molecular weight is 558 g/mol. The van der Waals surface area contributed by atoms with Crippen LogP contribution in [0.15, 0.2) is 78.9 Å².